The number of carbonyl (C=O) groups is 1. The second kappa shape index (κ2) is 13.4. The first-order valence-electron chi connectivity index (χ1n) is 5.06. The number of hydrogen-bond acceptors (Lipinski definition) is 1. The van der Waals surface area contributed by atoms with E-state index in [1.165, 1.54) is 0 Å². The van der Waals surface area contributed by atoms with Crippen molar-refractivity contribution >= 4 is 5.91 Å². The van der Waals surface area contributed by atoms with E-state index in [4.69, 9.17) is 5.73 Å². The molecular weight excluding hydrogens is 358 g/mol. The predicted octanol–water partition coefficient (Wildman–Crippen LogP) is 3.39. The molecule has 1 amide bonds. The van der Waals surface area contributed by atoms with Gasteiger partial charge in [0.05, 0.1) is 0 Å². The summed E-state index contributed by atoms with van der Waals surface area (Å²) in [4.78, 5) is 10.5. The summed E-state index contributed by atoms with van der Waals surface area (Å²) in [7, 11) is 0. The van der Waals surface area contributed by atoms with Crippen molar-refractivity contribution in [2.24, 2.45) is 5.73 Å². The number of carbonyl (C=O) groups excluding carboxylic acids is 1. The van der Waals surface area contributed by atoms with E-state index in [2.05, 4.69) is 0 Å². The van der Waals surface area contributed by atoms with Gasteiger partial charge in [0.25, 0.3) is 0 Å². The topological polar surface area (TPSA) is 43.1 Å². The molecule has 0 saturated heterocycles. The second-order valence-electron chi connectivity index (χ2n) is 2.23. The monoisotopic (exact) mass is 381 g/mol. The molecule has 0 unspecified atom stereocenters. The Morgan fingerprint density at radius 3 is 1.67 bits per heavy atom. The van der Waals surface area contributed by atoms with Crippen LogP contribution >= 0.6 is 0 Å². The Kier molecular flexibility index (Phi) is 17.7. The summed E-state index contributed by atoms with van der Waals surface area (Å²) >= 11 is 0. The largest absolute Gasteiger partial charge is 0.366 e. The third kappa shape index (κ3) is 9.68. The van der Waals surface area contributed by atoms with E-state index >= 15 is 0 Å². The minimum Gasteiger partial charge on any atom is -0.366 e. The quantitative estimate of drug-likeness (QED) is 0.797. The van der Waals surface area contributed by atoms with Crippen molar-refractivity contribution < 1.29 is 27.3 Å². The van der Waals surface area contributed by atoms with Crippen molar-refractivity contribution in [2.75, 3.05) is 0 Å². The zero-order valence-electron chi connectivity index (χ0n) is 10.2. The number of primary amides is 1. The molecule has 0 saturated carbocycles. The van der Waals surface area contributed by atoms with E-state index in [1.54, 1.807) is 12.1 Å². The molecule has 1 rings (SSSR count). The Morgan fingerprint density at radius 2 is 1.40 bits per heavy atom. The van der Waals surface area contributed by atoms with Crippen LogP contribution in [-0.4, -0.2) is 5.91 Å². The van der Waals surface area contributed by atoms with Gasteiger partial charge >= 0.3 is 0 Å². The van der Waals surface area contributed by atoms with Gasteiger partial charge in [0.2, 0.25) is 5.91 Å². The van der Waals surface area contributed by atoms with Crippen molar-refractivity contribution in [3.63, 3.8) is 0 Å². The zero-order valence-corrected chi connectivity index (χ0v) is 13.1. The summed E-state index contributed by atoms with van der Waals surface area (Å²) in [6, 6.07) is 7.16. The Morgan fingerprint density at radius 1 is 1.07 bits per heavy atom. The van der Waals surface area contributed by atoms with Gasteiger partial charge in [-0.2, -0.15) is 0 Å². The van der Waals surface area contributed by atoms with Crippen LogP contribution in [0.1, 0.15) is 45.0 Å². The maximum Gasteiger partial charge on any atom is 0.248 e. The van der Waals surface area contributed by atoms with E-state index in [0.29, 0.717) is 5.56 Å². The van der Waals surface area contributed by atoms with Gasteiger partial charge in [0.1, 0.15) is 0 Å². The van der Waals surface area contributed by atoms with Crippen LogP contribution in [0.15, 0.2) is 24.3 Å². The molecule has 15 heavy (non-hydrogen) atoms. The van der Waals surface area contributed by atoms with Gasteiger partial charge in [-0.25, -0.2) is 0 Å². The molecule has 0 spiro atoms. The van der Waals surface area contributed by atoms with Crippen LogP contribution in [0, 0.1) is 6.92 Å². The van der Waals surface area contributed by atoms with Crippen LogP contribution in [-0.2, 0) is 21.1 Å². The van der Waals surface area contributed by atoms with E-state index in [-0.39, 0.29) is 28.4 Å². The summed E-state index contributed by atoms with van der Waals surface area (Å²) in [5.74, 6) is -0.375. The second-order valence-corrected chi connectivity index (χ2v) is 2.23. The van der Waals surface area contributed by atoms with Gasteiger partial charge in [0, 0.05) is 28.1 Å². The molecule has 0 bridgehead atoms. The number of benzene rings is 1. The van der Waals surface area contributed by atoms with Crippen molar-refractivity contribution in [3.8, 4) is 0 Å². The molecule has 0 heterocycles. The minimum absolute atomic E-state index is 0. The fraction of sp³-hybridized carbons (Fsp3) is 0.417. The first-order chi connectivity index (χ1) is 6.70. The van der Waals surface area contributed by atoms with Gasteiger partial charge in [-0.3, -0.25) is 4.79 Å². The molecule has 1 aromatic rings. The Labute approximate surface area is 109 Å². The zero-order chi connectivity index (χ0) is 11.6. The summed E-state index contributed by atoms with van der Waals surface area (Å²) in [6.07, 6.45) is 0. The number of amides is 1. The van der Waals surface area contributed by atoms with Gasteiger partial charge in [-0.05, 0) is 19.1 Å². The molecule has 0 aromatic heterocycles. The average molecular weight is 381 g/mol. The van der Waals surface area contributed by atoms with Crippen molar-refractivity contribution in [1.29, 1.82) is 0 Å². The van der Waals surface area contributed by atoms with Crippen LogP contribution in [0.5, 0.6) is 0 Å². The summed E-state index contributed by atoms with van der Waals surface area (Å²) in [5.41, 5.74) is 6.72. The number of aryl methyl sites for hydroxylation is 1. The van der Waals surface area contributed by atoms with E-state index in [1.807, 2.05) is 46.8 Å². The maximum absolute atomic E-state index is 10.5. The molecule has 3 heteroatoms. The smallest absolute Gasteiger partial charge is 0.248 e. The van der Waals surface area contributed by atoms with Crippen molar-refractivity contribution in [2.45, 2.75) is 34.6 Å². The van der Waals surface area contributed by atoms with E-state index in [0.717, 1.165) is 5.56 Å². The fourth-order valence-electron chi connectivity index (χ4n) is 0.718. The molecule has 0 aliphatic rings. The van der Waals surface area contributed by atoms with Crippen LogP contribution in [0.2, 0.25) is 0 Å². The standard InChI is InChI=1S/C8H9NO.2C2H6.W.H2/c1-6-2-4-7(5-3-6)8(9)10;2*1-2;;/h2-5H,1H3,(H2,9,10);2*1-2H3;;1H. The first-order valence-corrected chi connectivity index (χ1v) is 5.06. The third-order valence-electron chi connectivity index (χ3n) is 1.34. The minimum atomic E-state index is -0.375. The Bertz CT molecular complexity index is 250. The maximum atomic E-state index is 10.5. The third-order valence-corrected chi connectivity index (χ3v) is 1.34. The van der Waals surface area contributed by atoms with Gasteiger partial charge < -0.3 is 5.73 Å². The normalized spacial score (nSPS) is 7.00. The molecule has 2 N–H and O–H groups in total. The van der Waals surface area contributed by atoms with E-state index in [9.17, 15) is 4.79 Å². The summed E-state index contributed by atoms with van der Waals surface area (Å²) < 4.78 is 0. The molecular formula is C12H23NOW. The fourth-order valence-corrected chi connectivity index (χ4v) is 0.718. The summed E-state index contributed by atoms with van der Waals surface area (Å²) in [5, 5.41) is 0. The van der Waals surface area contributed by atoms with Crippen LogP contribution in [0.25, 0.3) is 0 Å². The molecule has 0 aliphatic heterocycles. The van der Waals surface area contributed by atoms with Crippen LogP contribution in [0.3, 0.4) is 0 Å². The van der Waals surface area contributed by atoms with Crippen molar-refractivity contribution in [1.82, 2.24) is 0 Å². The van der Waals surface area contributed by atoms with Crippen LogP contribution < -0.4 is 5.73 Å². The van der Waals surface area contributed by atoms with Crippen molar-refractivity contribution in [3.05, 3.63) is 35.4 Å². The SMILES string of the molecule is CC.CC.Cc1ccc(C(N)=O)cc1.[HH].[W]. The summed E-state index contributed by atoms with van der Waals surface area (Å²) in [6.45, 7) is 9.96. The molecule has 1 aromatic carbocycles. The molecule has 2 nitrogen and oxygen atoms in total. The first kappa shape index (κ1) is 19.9. The Hall–Kier alpha value is -0.622. The van der Waals surface area contributed by atoms with E-state index < -0.39 is 0 Å². The number of nitrogens with two attached hydrogens (primary N) is 1. The number of rotatable bonds is 1. The molecule has 0 atom stereocenters. The molecule has 0 fully saturated rings. The predicted molar refractivity (Wildman–Crippen MR) is 64.5 cm³/mol. The molecule has 0 radical (unpaired) electrons. The number of hydrogen-bond donors (Lipinski definition) is 1. The van der Waals surface area contributed by atoms with Gasteiger partial charge in [0.15, 0.2) is 0 Å². The molecule has 0 aliphatic carbocycles. The van der Waals surface area contributed by atoms with Crippen LogP contribution in [0.4, 0.5) is 0 Å². The van der Waals surface area contributed by atoms with Gasteiger partial charge in [-0.1, -0.05) is 45.4 Å². The average Bonchev–Trinajstić information content (AvgIpc) is 2.24. The molecule has 88 valence electrons. The Balaban J connectivity index is -0.000000109. The van der Waals surface area contributed by atoms with Gasteiger partial charge in [-0.15, -0.1) is 0 Å².